The topological polar surface area (TPSA) is 34.9 Å². The molecule has 0 unspecified atom stereocenters. The van der Waals surface area contributed by atoms with Gasteiger partial charge in [0.1, 0.15) is 0 Å². The highest BCUT2D eigenvalue weighted by atomic mass is 16.1. The predicted molar refractivity (Wildman–Crippen MR) is 48.6 cm³/mol. The summed E-state index contributed by atoms with van der Waals surface area (Å²) in [5, 5.41) is 4.08. The molecule has 1 aromatic rings. The van der Waals surface area contributed by atoms with E-state index in [-0.39, 0.29) is 5.56 Å². The summed E-state index contributed by atoms with van der Waals surface area (Å²) in [6, 6.07) is 0. The molecule has 0 amide bonds. The van der Waals surface area contributed by atoms with Gasteiger partial charge in [0.2, 0.25) is 0 Å². The molecule has 59 valence electrons. The molecule has 0 bridgehead atoms. The van der Waals surface area contributed by atoms with Crippen molar-refractivity contribution in [1.82, 2.24) is 9.78 Å². The van der Waals surface area contributed by atoms with Gasteiger partial charge in [0.05, 0.1) is 5.69 Å². The Morgan fingerprint density at radius 2 is 2.33 bits per heavy atom. The SMILES string of the molecule is Cc1nn(C)c(=O)c2c1[B]C=C2. The lowest BCUT2D eigenvalue weighted by Gasteiger charge is -2.04. The maximum absolute atomic E-state index is 11.4. The monoisotopic (exact) mass is 159 g/mol. The van der Waals surface area contributed by atoms with Crippen molar-refractivity contribution >= 4 is 18.8 Å². The first-order valence-corrected chi connectivity index (χ1v) is 3.79. The van der Waals surface area contributed by atoms with Crippen LogP contribution in [0.25, 0.3) is 6.08 Å². The van der Waals surface area contributed by atoms with Crippen molar-refractivity contribution in [2.24, 2.45) is 7.05 Å². The molecule has 0 atom stereocenters. The third-order valence-corrected chi connectivity index (χ3v) is 2.03. The minimum absolute atomic E-state index is 0.0272. The van der Waals surface area contributed by atoms with Gasteiger partial charge in [-0.25, -0.2) is 4.68 Å². The van der Waals surface area contributed by atoms with E-state index in [0.717, 1.165) is 16.7 Å². The van der Waals surface area contributed by atoms with Crippen LogP contribution in [0.15, 0.2) is 10.8 Å². The molecule has 2 rings (SSSR count). The average Bonchev–Trinajstić information content (AvgIpc) is 2.48. The number of hydrogen-bond acceptors (Lipinski definition) is 2. The van der Waals surface area contributed by atoms with Crippen LogP contribution in [0.4, 0.5) is 0 Å². The van der Waals surface area contributed by atoms with Gasteiger partial charge in [0.15, 0.2) is 7.28 Å². The van der Waals surface area contributed by atoms with Crippen LogP contribution in [0.3, 0.4) is 0 Å². The lowest BCUT2D eigenvalue weighted by molar-refractivity contribution is 0.695. The average molecular weight is 159 g/mol. The maximum atomic E-state index is 11.4. The zero-order valence-electron chi connectivity index (χ0n) is 7.03. The predicted octanol–water partition coefficient (Wildman–Crippen LogP) is -0.597. The minimum Gasteiger partial charge on any atom is -0.267 e. The highest BCUT2D eigenvalue weighted by Gasteiger charge is 2.14. The van der Waals surface area contributed by atoms with E-state index in [1.807, 2.05) is 26.3 Å². The minimum atomic E-state index is -0.0272. The molecule has 4 heteroatoms. The molecule has 0 spiro atoms. The quantitative estimate of drug-likeness (QED) is 0.474. The standard InChI is InChI=1S/C8H8BN2O/c1-5-7-6(3-4-9-7)8(12)11(2)10-5/h3-4H,1-2H3. The second-order valence-electron chi connectivity index (χ2n) is 2.87. The summed E-state index contributed by atoms with van der Waals surface area (Å²) in [6.07, 6.45) is 1.83. The summed E-state index contributed by atoms with van der Waals surface area (Å²) in [5.74, 6) is 1.88. The Kier molecular flexibility index (Phi) is 1.43. The van der Waals surface area contributed by atoms with E-state index in [9.17, 15) is 4.79 Å². The second kappa shape index (κ2) is 2.34. The maximum Gasteiger partial charge on any atom is 0.273 e. The molecule has 1 radical (unpaired) electrons. The van der Waals surface area contributed by atoms with Gasteiger partial charge in [-0.2, -0.15) is 5.10 Å². The molecule has 2 heterocycles. The lowest BCUT2D eigenvalue weighted by Crippen LogP contribution is -2.32. The van der Waals surface area contributed by atoms with Crippen molar-refractivity contribution in [2.75, 3.05) is 0 Å². The number of nitrogens with zero attached hydrogens (tertiary/aromatic N) is 2. The normalized spacial score (nSPS) is 12.8. The van der Waals surface area contributed by atoms with E-state index >= 15 is 0 Å². The molecule has 1 aliphatic heterocycles. The van der Waals surface area contributed by atoms with Gasteiger partial charge in [-0.15, -0.1) is 5.98 Å². The molecule has 1 aliphatic rings. The molecule has 0 N–H and O–H groups in total. The largest absolute Gasteiger partial charge is 0.273 e. The van der Waals surface area contributed by atoms with Crippen molar-refractivity contribution in [2.45, 2.75) is 6.92 Å². The first kappa shape index (κ1) is 7.34. The van der Waals surface area contributed by atoms with Crippen LogP contribution >= 0.6 is 0 Å². The summed E-state index contributed by atoms with van der Waals surface area (Å²) < 4.78 is 1.37. The molecule has 0 aromatic carbocycles. The van der Waals surface area contributed by atoms with Crippen LogP contribution in [0.5, 0.6) is 0 Å². The fourth-order valence-corrected chi connectivity index (χ4v) is 1.42. The summed E-state index contributed by atoms with van der Waals surface area (Å²) in [4.78, 5) is 11.4. The van der Waals surface area contributed by atoms with Crippen LogP contribution in [0.2, 0.25) is 0 Å². The number of aromatic nitrogens is 2. The van der Waals surface area contributed by atoms with E-state index in [1.54, 1.807) is 7.05 Å². The Morgan fingerprint density at radius 1 is 1.58 bits per heavy atom. The Balaban J connectivity index is 2.84. The van der Waals surface area contributed by atoms with E-state index in [2.05, 4.69) is 5.10 Å². The van der Waals surface area contributed by atoms with Gasteiger partial charge in [0, 0.05) is 12.6 Å². The lowest BCUT2D eigenvalue weighted by atomic mass is 9.73. The summed E-state index contributed by atoms with van der Waals surface area (Å²) in [7, 11) is 3.58. The molecular weight excluding hydrogens is 151 g/mol. The Hall–Kier alpha value is -1.32. The molecule has 0 aliphatic carbocycles. The molecular formula is C8H8BN2O. The van der Waals surface area contributed by atoms with Crippen molar-refractivity contribution < 1.29 is 0 Å². The summed E-state index contributed by atoms with van der Waals surface area (Å²) in [6.45, 7) is 1.90. The van der Waals surface area contributed by atoms with Crippen LogP contribution in [-0.2, 0) is 7.05 Å². The van der Waals surface area contributed by atoms with Gasteiger partial charge in [-0.05, 0) is 12.4 Å². The zero-order chi connectivity index (χ0) is 8.72. The van der Waals surface area contributed by atoms with Crippen LogP contribution < -0.4 is 11.0 Å². The van der Waals surface area contributed by atoms with Gasteiger partial charge in [0.25, 0.3) is 5.56 Å². The number of hydrogen-bond donors (Lipinski definition) is 0. The van der Waals surface area contributed by atoms with E-state index in [1.165, 1.54) is 4.68 Å². The van der Waals surface area contributed by atoms with Gasteiger partial charge < -0.3 is 0 Å². The van der Waals surface area contributed by atoms with Crippen molar-refractivity contribution in [3.05, 3.63) is 27.6 Å². The highest BCUT2D eigenvalue weighted by molar-refractivity contribution is 6.63. The van der Waals surface area contributed by atoms with E-state index < -0.39 is 0 Å². The van der Waals surface area contributed by atoms with Crippen molar-refractivity contribution in [3.8, 4) is 0 Å². The smallest absolute Gasteiger partial charge is 0.267 e. The fourth-order valence-electron chi connectivity index (χ4n) is 1.42. The highest BCUT2D eigenvalue weighted by Crippen LogP contribution is 2.00. The molecule has 3 nitrogen and oxygen atoms in total. The molecule has 0 saturated carbocycles. The first-order valence-electron chi connectivity index (χ1n) is 3.79. The number of fused-ring (bicyclic) bond motifs is 1. The van der Waals surface area contributed by atoms with Gasteiger partial charge in [-0.3, -0.25) is 4.79 Å². The summed E-state index contributed by atoms with van der Waals surface area (Å²) in [5.41, 5.74) is 2.58. The fraction of sp³-hybridized carbons (Fsp3) is 0.250. The Morgan fingerprint density at radius 3 is 3.08 bits per heavy atom. The van der Waals surface area contributed by atoms with Gasteiger partial charge >= 0.3 is 0 Å². The first-order chi connectivity index (χ1) is 5.70. The summed E-state index contributed by atoms with van der Waals surface area (Å²) >= 11 is 0. The Bertz CT molecular complexity index is 420. The van der Waals surface area contributed by atoms with Crippen LogP contribution in [0.1, 0.15) is 11.3 Å². The molecule has 12 heavy (non-hydrogen) atoms. The van der Waals surface area contributed by atoms with Crippen LogP contribution in [-0.4, -0.2) is 17.1 Å². The van der Waals surface area contributed by atoms with Gasteiger partial charge in [-0.1, -0.05) is 6.08 Å². The van der Waals surface area contributed by atoms with Crippen molar-refractivity contribution in [3.63, 3.8) is 0 Å². The van der Waals surface area contributed by atoms with Crippen molar-refractivity contribution in [1.29, 1.82) is 0 Å². The number of aryl methyl sites for hydroxylation is 2. The molecule has 1 aromatic heterocycles. The zero-order valence-corrected chi connectivity index (χ0v) is 7.03. The molecule has 0 fully saturated rings. The molecule has 0 saturated heterocycles. The third-order valence-electron chi connectivity index (χ3n) is 2.03. The number of rotatable bonds is 0. The van der Waals surface area contributed by atoms with Crippen LogP contribution in [0, 0.1) is 6.92 Å². The van der Waals surface area contributed by atoms with E-state index in [0.29, 0.717) is 0 Å². The second-order valence-corrected chi connectivity index (χ2v) is 2.87. The third kappa shape index (κ3) is 0.842. The van der Waals surface area contributed by atoms with E-state index in [4.69, 9.17) is 0 Å². The Labute approximate surface area is 71.0 Å².